The quantitative estimate of drug-likeness (QED) is 0.897. The van der Waals surface area contributed by atoms with E-state index in [2.05, 4.69) is 28.1 Å². The Morgan fingerprint density at radius 3 is 2.61 bits per heavy atom. The Bertz CT molecular complexity index is 705. The number of methoxy groups -OCH3 is 1. The van der Waals surface area contributed by atoms with Crippen molar-refractivity contribution in [2.75, 3.05) is 20.2 Å². The van der Waals surface area contributed by atoms with Crippen molar-refractivity contribution in [1.82, 2.24) is 4.90 Å². The van der Waals surface area contributed by atoms with Crippen molar-refractivity contribution in [2.24, 2.45) is 5.73 Å². The molecule has 0 spiro atoms. The van der Waals surface area contributed by atoms with Crippen LogP contribution in [0.15, 0.2) is 53.0 Å². The van der Waals surface area contributed by atoms with Crippen molar-refractivity contribution >= 4 is 21.8 Å². The standard InChI is InChI=1S/C18H19BrN2O2/c1-23-17-8-7-13(9-15(17)19)18(22)21-10-14(16(20)11-21)12-5-3-2-4-6-12/h2-9,14,16H,10-11,20H2,1H3/t14-,16+/m0/s1. The van der Waals surface area contributed by atoms with Crippen LogP contribution in [0.25, 0.3) is 0 Å². The van der Waals surface area contributed by atoms with Gasteiger partial charge in [-0.05, 0) is 39.7 Å². The lowest BCUT2D eigenvalue weighted by molar-refractivity contribution is 0.0789. The van der Waals surface area contributed by atoms with E-state index in [1.54, 1.807) is 25.3 Å². The third-order valence-corrected chi connectivity index (χ3v) is 4.90. The molecule has 1 amide bonds. The fraction of sp³-hybridized carbons (Fsp3) is 0.278. The van der Waals surface area contributed by atoms with E-state index in [0.29, 0.717) is 24.4 Å². The van der Waals surface area contributed by atoms with Gasteiger partial charge in [0.15, 0.2) is 0 Å². The molecule has 1 aliphatic heterocycles. The van der Waals surface area contributed by atoms with Crippen LogP contribution < -0.4 is 10.5 Å². The van der Waals surface area contributed by atoms with Crippen LogP contribution in [0.1, 0.15) is 21.8 Å². The highest BCUT2D eigenvalue weighted by Gasteiger charge is 2.34. The zero-order chi connectivity index (χ0) is 16.4. The number of nitrogens with two attached hydrogens (primary N) is 1. The highest BCUT2D eigenvalue weighted by molar-refractivity contribution is 9.10. The number of carbonyl (C=O) groups is 1. The number of hydrogen-bond donors (Lipinski definition) is 1. The van der Waals surface area contributed by atoms with Gasteiger partial charge in [-0.15, -0.1) is 0 Å². The van der Waals surface area contributed by atoms with Crippen LogP contribution in [-0.2, 0) is 0 Å². The van der Waals surface area contributed by atoms with Gasteiger partial charge in [-0.3, -0.25) is 4.79 Å². The zero-order valence-corrected chi connectivity index (χ0v) is 14.5. The fourth-order valence-corrected chi connectivity index (χ4v) is 3.57. The first-order valence-electron chi connectivity index (χ1n) is 7.53. The van der Waals surface area contributed by atoms with Gasteiger partial charge in [-0.1, -0.05) is 30.3 Å². The summed E-state index contributed by atoms with van der Waals surface area (Å²) in [6.45, 7) is 1.22. The van der Waals surface area contributed by atoms with Gasteiger partial charge in [0.1, 0.15) is 5.75 Å². The lowest BCUT2D eigenvalue weighted by Gasteiger charge is -2.17. The van der Waals surface area contributed by atoms with Gasteiger partial charge in [0, 0.05) is 30.6 Å². The minimum absolute atomic E-state index is 0.00207. The maximum Gasteiger partial charge on any atom is 0.253 e. The molecule has 2 aromatic carbocycles. The summed E-state index contributed by atoms with van der Waals surface area (Å²) >= 11 is 3.42. The third-order valence-electron chi connectivity index (χ3n) is 4.28. The van der Waals surface area contributed by atoms with Crippen molar-refractivity contribution in [3.05, 3.63) is 64.1 Å². The average Bonchev–Trinajstić information content (AvgIpc) is 2.96. The van der Waals surface area contributed by atoms with Crippen LogP contribution in [0.5, 0.6) is 5.75 Å². The predicted molar refractivity (Wildman–Crippen MR) is 93.8 cm³/mol. The van der Waals surface area contributed by atoms with Gasteiger partial charge in [-0.25, -0.2) is 0 Å². The second kappa shape index (κ2) is 6.72. The smallest absolute Gasteiger partial charge is 0.253 e. The number of nitrogens with zero attached hydrogens (tertiary/aromatic N) is 1. The molecular weight excluding hydrogens is 356 g/mol. The number of rotatable bonds is 3. The molecule has 5 heteroatoms. The maximum absolute atomic E-state index is 12.7. The zero-order valence-electron chi connectivity index (χ0n) is 12.9. The molecule has 2 atom stereocenters. The summed E-state index contributed by atoms with van der Waals surface area (Å²) in [5.41, 5.74) is 8.09. The highest BCUT2D eigenvalue weighted by Crippen LogP contribution is 2.29. The Balaban J connectivity index is 1.78. The molecule has 0 bridgehead atoms. The summed E-state index contributed by atoms with van der Waals surface area (Å²) in [5.74, 6) is 0.894. The first kappa shape index (κ1) is 16.0. The Morgan fingerprint density at radius 2 is 1.96 bits per heavy atom. The first-order valence-corrected chi connectivity index (χ1v) is 8.33. The summed E-state index contributed by atoms with van der Waals surface area (Å²) in [6, 6.07) is 15.5. The molecule has 3 rings (SSSR count). The van der Waals surface area contributed by atoms with Gasteiger partial charge >= 0.3 is 0 Å². The van der Waals surface area contributed by atoms with E-state index in [0.717, 1.165) is 4.47 Å². The molecule has 23 heavy (non-hydrogen) atoms. The molecule has 1 aliphatic rings. The van der Waals surface area contributed by atoms with E-state index >= 15 is 0 Å². The fourth-order valence-electron chi connectivity index (χ4n) is 3.03. The molecule has 120 valence electrons. The Hall–Kier alpha value is -1.85. The molecule has 0 saturated carbocycles. The second-order valence-corrected chi connectivity index (χ2v) is 6.59. The van der Waals surface area contributed by atoms with Crippen LogP contribution >= 0.6 is 15.9 Å². The van der Waals surface area contributed by atoms with E-state index in [9.17, 15) is 4.79 Å². The number of likely N-dealkylation sites (tertiary alicyclic amines) is 1. The van der Waals surface area contributed by atoms with Gasteiger partial charge < -0.3 is 15.4 Å². The van der Waals surface area contributed by atoms with Crippen LogP contribution in [0.4, 0.5) is 0 Å². The summed E-state index contributed by atoms with van der Waals surface area (Å²) in [5, 5.41) is 0. The Kier molecular flexibility index (Phi) is 4.68. The molecule has 1 fully saturated rings. The number of benzene rings is 2. The topological polar surface area (TPSA) is 55.6 Å². The van der Waals surface area contributed by atoms with Crippen LogP contribution in [0.3, 0.4) is 0 Å². The predicted octanol–water partition coefficient (Wildman–Crippen LogP) is 3.02. The lowest BCUT2D eigenvalue weighted by Crippen LogP contribution is -2.32. The van der Waals surface area contributed by atoms with E-state index in [1.165, 1.54) is 5.56 Å². The average molecular weight is 375 g/mol. The lowest BCUT2D eigenvalue weighted by atomic mass is 9.95. The maximum atomic E-state index is 12.7. The van der Waals surface area contributed by atoms with Crippen molar-refractivity contribution in [1.29, 1.82) is 0 Å². The minimum atomic E-state index is -0.0389. The molecule has 4 nitrogen and oxygen atoms in total. The van der Waals surface area contributed by atoms with Gasteiger partial charge in [0.05, 0.1) is 11.6 Å². The highest BCUT2D eigenvalue weighted by atomic mass is 79.9. The number of hydrogen-bond acceptors (Lipinski definition) is 3. The Morgan fingerprint density at radius 1 is 1.22 bits per heavy atom. The molecule has 0 unspecified atom stereocenters. The van der Waals surface area contributed by atoms with E-state index in [4.69, 9.17) is 10.5 Å². The first-order chi connectivity index (χ1) is 11.1. The number of ether oxygens (including phenoxy) is 1. The van der Waals surface area contributed by atoms with E-state index in [-0.39, 0.29) is 17.9 Å². The van der Waals surface area contributed by atoms with Gasteiger partial charge in [0.25, 0.3) is 5.91 Å². The number of amides is 1. The monoisotopic (exact) mass is 374 g/mol. The van der Waals surface area contributed by atoms with Crippen molar-refractivity contribution in [2.45, 2.75) is 12.0 Å². The minimum Gasteiger partial charge on any atom is -0.496 e. The van der Waals surface area contributed by atoms with Crippen molar-refractivity contribution in [3.8, 4) is 5.75 Å². The molecule has 0 aliphatic carbocycles. The van der Waals surface area contributed by atoms with E-state index < -0.39 is 0 Å². The number of carbonyl (C=O) groups excluding carboxylic acids is 1. The molecule has 2 N–H and O–H groups in total. The van der Waals surface area contributed by atoms with Crippen LogP contribution in [0, 0.1) is 0 Å². The van der Waals surface area contributed by atoms with Gasteiger partial charge in [0.2, 0.25) is 0 Å². The van der Waals surface area contributed by atoms with Crippen molar-refractivity contribution < 1.29 is 9.53 Å². The van der Waals surface area contributed by atoms with Crippen molar-refractivity contribution in [3.63, 3.8) is 0 Å². The summed E-state index contributed by atoms with van der Waals surface area (Å²) < 4.78 is 5.98. The summed E-state index contributed by atoms with van der Waals surface area (Å²) in [4.78, 5) is 14.6. The molecule has 1 heterocycles. The molecule has 0 aromatic heterocycles. The second-order valence-electron chi connectivity index (χ2n) is 5.74. The largest absolute Gasteiger partial charge is 0.496 e. The van der Waals surface area contributed by atoms with Crippen LogP contribution in [0.2, 0.25) is 0 Å². The van der Waals surface area contributed by atoms with E-state index in [1.807, 2.05) is 23.1 Å². The molecule has 0 radical (unpaired) electrons. The molecule has 1 saturated heterocycles. The molecular formula is C18H19BrN2O2. The normalized spacial score (nSPS) is 20.6. The molecule has 2 aromatic rings. The number of halogens is 1. The van der Waals surface area contributed by atoms with Gasteiger partial charge in [-0.2, -0.15) is 0 Å². The summed E-state index contributed by atoms with van der Waals surface area (Å²) in [7, 11) is 1.60. The SMILES string of the molecule is COc1ccc(C(=O)N2C[C@@H](N)[C@H](c3ccccc3)C2)cc1Br. The Labute approximate surface area is 144 Å². The third kappa shape index (κ3) is 3.26. The summed E-state index contributed by atoms with van der Waals surface area (Å²) in [6.07, 6.45) is 0. The van der Waals surface area contributed by atoms with Crippen LogP contribution in [-0.4, -0.2) is 37.0 Å².